The maximum Gasteiger partial charge on any atom is 0.161 e. The summed E-state index contributed by atoms with van der Waals surface area (Å²) in [4.78, 5) is 5.28. The first-order chi connectivity index (χ1) is 14.7. The predicted molar refractivity (Wildman–Crippen MR) is 116 cm³/mol. The first-order valence-electron chi connectivity index (χ1n) is 11.2. The van der Waals surface area contributed by atoms with Gasteiger partial charge in [-0.15, -0.1) is 0 Å². The summed E-state index contributed by atoms with van der Waals surface area (Å²) < 4.78 is 22.9. The van der Waals surface area contributed by atoms with Crippen molar-refractivity contribution < 1.29 is 18.9 Å². The number of hydrogen-bond acceptors (Lipinski definition) is 6. The van der Waals surface area contributed by atoms with Crippen LogP contribution in [0.15, 0.2) is 18.3 Å². The molecule has 0 bridgehead atoms. The van der Waals surface area contributed by atoms with Crippen molar-refractivity contribution in [2.45, 2.75) is 43.6 Å². The van der Waals surface area contributed by atoms with Gasteiger partial charge in [0.05, 0.1) is 32.5 Å². The molecule has 6 heteroatoms. The zero-order valence-corrected chi connectivity index (χ0v) is 18.5. The second-order valence-corrected chi connectivity index (χ2v) is 9.09. The summed E-state index contributed by atoms with van der Waals surface area (Å²) in [7, 11) is 7.09. The lowest BCUT2D eigenvalue weighted by molar-refractivity contribution is -0.130. The number of nitrogens with zero attached hydrogens (tertiary/aromatic N) is 2. The number of benzene rings is 1. The lowest BCUT2D eigenvalue weighted by Gasteiger charge is -2.58. The topological polar surface area (TPSA) is 43.4 Å². The zero-order valence-electron chi connectivity index (χ0n) is 18.5. The SMILES string of the molecule is COc1cc2c(cc1OC)C1C3C4CC(OC)C(OC)CC4CCN3CCN1C=C2. The van der Waals surface area contributed by atoms with Gasteiger partial charge in [0.15, 0.2) is 11.5 Å². The van der Waals surface area contributed by atoms with Crippen LogP contribution in [0.2, 0.25) is 0 Å². The monoisotopic (exact) mass is 414 g/mol. The highest BCUT2D eigenvalue weighted by molar-refractivity contribution is 5.63. The molecule has 164 valence electrons. The molecule has 0 amide bonds. The van der Waals surface area contributed by atoms with Crippen LogP contribution >= 0.6 is 0 Å². The predicted octanol–water partition coefficient (Wildman–Crippen LogP) is 3.18. The van der Waals surface area contributed by atoms with Crippen LogP contribution in [0.25, 0.3) is 6.08 Å². The first-order valence-corrected chi connectivity index (χ1v) is 11.2. The molecule has 0 N–H and O–H groups in total. The van der Waals surface area contributed by atoms with Crippen molar-refractivity contribution in [2.75, 3.05) is 48.1 Å². The number of piperidine rings is 1. The van der Waals surface area contributed by atoms with Gasteiger partial charge in [-0.25, -0.2) is 0 Å². The molecular weight excluding hydrogens is 380 g/mol. The fraction of sp³-hybridized carbons (Fsp3) is 0.667. The van der Waals surface area contributed by atoms with Crippen molar-refractivity contribution in [1.82, 2.24) is 9.80 Å². The first kappa shape index (κ1) is 20.2. The Kier molecular flexibility index (Phi) is 5.42. The molecule has 4 aliphatic rings. The third kappa shape index (κ3) is 3.12. The number of ether oxygens (including phenoxy) is 4. The molecule has 1 saturated carbocycles. The number of methoxy groups -OCH3 is 4. The molecule has 0 aromatic heterocycles. The van der Waals surface area contributed by atoms with E-state index in [2.05, 4.69) is 34.2 Å². The molecule has 3 heterocycles. The van der Waals surface area contributed by atoms with Gasteiger partial charge < -0.3 is 23.8 Å². The second-order valence-electron chi connectivity index (χ2n) is 9.09. The molecule has 5 rings (SSSR count). The average Bonchev–Trinajstić information content (AvgIpc) is 2.81. The Morgan fingerprint density at radius 1 is 0.867 bits per heavy atom. The molecule has 1 aromatic carbocycles. The Morgan fingerprint density at radius 3 is 2.33 bits per heavy atom. The van der Waals surface area contributed by atoms with Gasteiger partial charge in [-0.1, -0.05) is 0 Å². The minimum atomic E-state index is 0.176. The average molecular weight is 415 g/mol. The van der Waals surface area contributed by atoms with Gasteiger partial charge in [-0.3, -0.25) is 4.90 Å². The molecule has 6 atom stereocenters. The van der Waals surface area contributed by atoms with E-state index in [1.54, 1.807) is 14.2 Å². The Labute approximate surface area is 179 Å². The number of rotatable bonds is 4. The molecular formula is C24H34N2O4. The van der Waals surface area contributed by atoms with E-state index in [4.69, 9.17) is 18.9 Å². The fourth-order valence-corrected chi connectivity index (χ4v) is 6.53. The zero-order chi connectivity index (χ0) is 20.8. The van der Waals surface area contributed by atoms with Crippen LogP contribution < -0.4 is 9.47 Å². The van der Waals surface area contributed by atoms with Crippen LogP contribution in [0.3, 0.4) is 0 Å². The van der Waals surface area contributed by atoms with E-state index in [0.29, 0.717) is 23.9 Å². The van der Waals surface area contributed by atoms with Gasteiger partial charge in [0.1, 0.15) is 0 Å². The van der Waals surface area contributed by atoms with Crippen LogP contribution in [0.4, 0.5) is 0 Å². The van der Waals surface area contributed by atoms with Crippen LogP contribution in [-0.4, -0.2) is 76.1 Å². The molecule has 2 saturated heterocycles. The highest BCUT2D eigenvalue weighted by atomic mass is 16.5. The van der Waals surface area contributed by atoms with E-state index >= 15 is 0 Å². The van der Waals surface area contributed by atoms with Gasteiger partial charge in [-0.05, 0) is 67.0 Å². The number of hydrogen-bond donors (Lipinski definition) is 0. The maximum atomic E-state index is 5.89. The minimum absolute atomic E-state index is 0.176. The lowest BCUT2D eigenvalue weighted by Crippen LogP contribution is -2.63. The third-order valence-corrected chi connectivity index (χ3v) is 7.99. The Bertz CT molecular complexity index is 813. The van der Waals surface area contributed by atoms with E-state index < -0.39 is 0 Å². The molecule has 1 aliphatic carbocycles. The number of fused-ring (bicyclic) bond motifs is 7. The van der Waals surface area contributed by atoms with Crippen molar-refractivity contribution in [3.63, 3.8) is 0 Å². The van der Waals surface area contributed by atoms with Crippen molar-refractivity contribution in [1.29, 1.82) is 0 Å². The van der Waals surface area contributed by atoms with Gasteiger partial charge in [0.2, 0.25) is 0 Å². The molecule has 3 fully saturated rings. The van der Waals surface area contributed by atoms with Crippen LogP contribution in [0, 0.1) is 11.8 Å². The van der Waals surface area contributed by atoms with Crippen LogP contribution in [-0.2, 0) is 9.47 Å². The largest absolute Gasteiger partial charge is 0.493 e. The fourth-order valence-electron chi connectivity index (χ4n) is 6.53. The van der Waals surface area contributed by atoms with Crippen molar-refractivity contribution in [3.8, 4) is 11.5 Å². The molecule has 0 spiro atoms. The lowest BCUT2D eigenvalue weighted by atomic mass is 9.65. The van der Waals surface area contributed by atoms with E-state index in [0.717, 1.165) is 37.4 Å². The molecule has 6 unspecified atom stereocenters. The normalized spacial score (nSPS) is 35.1. The van der Waals surface area contributed by atoms with Gasteiger partial charge >= 0.3 is 0 Å². The molecule has 0 radical (unpaired) electrons. The summed E-state index contributed by atoms with van der Waals surface area (Å²) in [6.07, 6.45) is 8.33. The van der Waals surface area contributed by atoms with Crippen molar-refractivity contribution in [3.05, 3.63) is 29.5 Å². The van der Waals surface area contributed by atoms with E-state index in [-0.39, 0.29) is 12.2 Å². The van der Waals surface area contributed by atoms with E-state index in [9.17, 15) is 0 Å². The summed E-state index contributed by atoms with van der Waals surface area (Å²) in [6, 6.07) is 5.15. The smallest absolute Gasteiger partial charge is 0.161 e. The van der Waals surface area contributed by atoms with Gasteiger partial charge in [-0.2, -0.15) is 0 Å². The second kappa shape index (κ2) is 8.06. The molecule has 30 heavy (non-hydrogen) atoms. The van der Waals surface area contributed by atoms with Crippen LogP contribution in [0.1, 0.15) is 36.4 Å². The minimum Gasteiger partial charge on any atom is -0.493 e. The highest BCUT2D eigenvalue weighted by Gasteiger charge is 2.51. The van der Waals surface area contributed by atoms with Crippen LogP contribution in [0.5, 0.6) is 11.5 Å². The van der Waals surface area contributed by atoms with Crippen molar-refractivity contribution >= 4 is 6.08 Å². The molecule has 1 aromatic rings. The number of piperazine rings is 1. The third-order valence-electron chi connectivity index (χ3n) is 7.99. The Morgan fingerprint density at radius 2 is 1.60 bits per heavy atom. The van der Waals surface area contributed by atoms with Crippen molar-refractivity contribution in [2.24, 2.45) is 11.8 Å². The highest BCUT2D eigenvalue weighted by Crippen LogP contribution is 2.50. The van der Waals surface area contributed by atoms with E-state index in [1.807, 2.05) is 14.2 Å². The standard InChI is InChI=1S/C24H34N2O4/c1-27-19-11-15-5-7-25-9-10-26-8-6-16-12-20(28-2)22(30-4)14-18(16)24(26)23(25)17(15)13-21(19)29-3/h5,7,11,13,16,18,20,22-24H,6,8-10,12,14H2,1-4H3. The Balaban J connectivity index is 1.54. The van der Waals surface area contributed by atoms with Gasteiger partial charge in [0, 0.05) is 39.6 Å². The van der Waals surface area contributed by atoms with E-state index in [1.165, 1.54) is 24.1 Å². The summed E-state index contributed by atoms with van der Waals surface area (Å²) in [6.45, 7) is 3.37. The molecule has 3 aliphatic heterocycles. The molecule has 6 nitrogen and oxygen atoms in total. The summed E-state index contributed by atoms with van der Waals surface area (Å²) in [5.74, 6) is 2.91. The summed E-state index contributed by atoms with van der Waals surface area (Å²) in [5.41, 5.74) is 2.60. The van der Waals surface area contributed by atoms with Gasteiger partial charge in [0.25, 0.3) is 0 Å². The quantitative estimate of drug-likeness (QED) is 0.754. The Hall–Kier alpha value is -1.76. The maximum absolute atomic E-state index is 5.89. The summed E-state index contributed by atoms with van der Waals surface area (Å²) >= 11 is 0. The summed E-state index contributed by atoms with van der Waals surface area (Å²) in [5, 5.41) is 0.